The average Bonchev–Trinajstić information content (AvgIpc) is 2.70. The van der Waals surface area contributed by atoms with Gasteiger partial charge in [-0.1, -0.05) is 0 Å². The Morgan fingerprint density at radius 3 is 2.44 bits per heavy atom. The van der Waals surface area contributed by atoms with Crippen LogP contribution in [0.3, 0.4) is 0 Å². The van der Waals surface area contributed by atoms with Gasteiger partial charge in [0, 0.05) is 43.5 Å². The Morgan fingerprint density at radius 2 is 1.84 bits per heavy atom. The number of aromatic nitrogens is 1. The fraction of sp³-hybridized carbons (Fsp3) is 0.682. The van der Waals surface area contributed by atoms with Gasteiger partial charge in [0.15, 0.2) is 0 Å². The van der Waals surface area contributed by atoms with Gasteiger partial charge in [-0.2, -0.15) is 13.2 Å². The summed E-state index contributed by atoms with van der Waals surface area (Å²) in [7, 11) is 0. The van der Waals surface area contributed by atoms with E-state index in [4.69, 9.17) is 4.74 Å². The molecule has 3 amide bonds. The van der Waals surface area contributed by atoms with E-state index in [0.717, 1.165) is 51.0 Å². The molecule has 2 spiro atoms. The van der Waals surface area contributed by atoms with Crippen molar-refractivity contribution in [2.45, 2.75) is 43.8 Å². The Kier molecular flexibility index (Phi) is 5.11. The minimum Gasteiger partial charge on any atom is -0.369 e. The van der Waals surface area contributed by atoms with Crippen LogP contribution in [0.25, 0.3) is 0 Å². The minimum absolute atomic E-state index is 0.0251. The van der Waals surface area contributed by atoms with Crippen LogP contribution in [0.4, 0.5) is 18.0 Å². The van der Waals surface area contributed by atoms with E-state index in [9.17, 15) is 22.8 Å². The number of nitrogens with one attached hydrogen (secondary N) is 1. The second-order valence-electron chi connectivity index (χ2n) is 10.00. The smallest absolute Gasteiger partial charge is 0.369 e. The van der Waals surface area contributed by atoms with Gasteiger partial charge in [0.1, 0.15) is 6.61 Å². The van der Waals surface area contributed by atoms with Crippen LogP contribution >= 0.6 is 0 Å². The van der Waals surface area contributed by atoms with Crippen molar-refractivity contribution in [3.05, 3.63) is 29.6 Å². The lowest BCUT2D eigenvalue weighted by atomic mass is 9.65. The van der Waals surface area contributed by atoms with E-state index in [1.807, 2.05) is 4.90 Å². The number of alkyl halides is 3. The highest BCUT2D eigenvalue weighted by Crippen LogP contribution is 2.47. The van der Waals surface area contributed by atoms with E-state index in [2.05, 4.69) is 10.3 Å². The summed E-state index contributed by atoms with van der Waals surface area (Å²) in [5.41, 5.74) is -0.257. The highest BCUT2D eigenvalue weighted by Gasteiger charge is 2.53. The topological polar surface area (TPSA) is 74.8 Å². The van der Waals surface area contributed by atoms with Gasteiger partial charge < -0.3 is 19.9 Å². The Labute approximate surface area is 184 Å². The molecule has 5 rings (SSSR count). The van der Waals surface area contributed by atoms with Gasteiger partial charge in [-0.15, -0.1) is 0 Å². The molecule has 0 aromatic carbocycles. The third kappa shape index (κ3) is 4.04. The van der Waals surface area contributed by atoms with Crippen LogP contribution in [0.15, 0.2) is 18.3 Å². The standard InChI is InChI=1S/C22H27F3N4O3/c23-22(24,25)16-1-2-17(26-8-16)7-15-3-5-20(6-4-15)10-28(11-20)19(31)29-12-21(13-29)14-32-9-18(30)27-21/h1-2,8,15H,3-7,9-14H2,(H,27,30). The number of nitrogens with zero attached hydrogens (tertiary/aromatic N) is 3. The Morgan fingerprint density at radius 1 is 1.16 bits per heavy atom. The number of amides is 3. The number of rotatable bonds is 2. The van der Waals surface area contributed by atoms with E-state index < -0.39 is 17.3 Å². The number of hydrogen-bond donors (Lipinski definition) is 1. The summed E-state index contributed by atoms with van der Waals surface area (Å²) >= 11 is 0. The first-order valence-electron chi connectivity index (χ1n) is 11.1. The zero-order valence-corrected chi connectivity index (χ0v) is 17.8. The van der Waals surface area contributed by atoms with Gasteiger partial charge >= 0.3 is 12.2 Å². The SMILES string of the molecule is O=C1COCC2(CN(C(=O)N3CC4(CCC(Cc5ccc(C(F)(F)F)cn5)CC4)C3)C2)N1. The molecule has 4 fully saturated rings. The van der Waals surface area contributed by atoms with Crippen LogP contribution in [0.2, 0.25) is 0 Å². The molecule has 0 unspecified atom stereocenters. The first kappa shape index (κ1) is 21.5. The molecule has 3 aliphatic heterocycles. The molecule has 1 aromatic rings. The molecule has 174 valence electrons. The normalized spacial score (nSPS) is 24.8. The zero-order valence-electron chi connectivity index (χ0n) is 17.8. The average molecular weight is 452 g/mol. The molecular formula is C22H27F3N4O3. The maximum Gasteiger partial charge on any atom is 0.417 e. The van der Waals surface area contributed by atoms with Crippen molar-refractivity contribution in [3.63, 3.8) is 0 Å². The summed E-state index contributed by atoms with van der Waals surface area (Å²) in [6.07, 6.45) is 1.30. The lowest BCUT2D eigenvalue weighted by molar-refractivity contribution is -0.142. The predicted octanol–water partition coefficient (Wildman–Crippen LogP) is 2.46. The minimum atomic E-state index is -4.36. The summed E-state index contributed by atoms with van der Waals surface area (Å²) in [4.78, 5) is 32.0. The maximum atomic E-state index is 12.8. The predicted molar refractivity (Wildman–Crippen MR) is 108 cm³/mol. The molecule has 1 N–H and O–H groups in total. The molecule has 1 saturated carbocycles. The second kappa shape index (κ2) is 7.60. The third-order valence-corrected chi connectivity index (χ3v) is 7.41. The van der Waals surface area contributed by atoms with Crippen molar-refractivity contribution in [2.24, 2.45) is 11.3 Å². The highest BCUT2D eigenvalue weighted by atomic mass is 19.4. The number of halogens is 3. The monoisotopic (exact) mass is 452 g/mol. The number of urea groups is 1. The fourth-order valence-electron chi connectivity index (χ4n) is 5.61. The van der Waals surface area contributed by atoms with Crippen LogP contribution in [0.5, 0.6) is 0 Å². The lowest BCUT2D eigenvalue weighted by Gasteiger charge is -2.58. The van der Waals surface area contributed by atoms with Gasteiger partial charge in [-0.3, -0.25) is 9.78 Å². The number of carbonyl (C=O) groups excluding carboxylic acids is 2. The molecule has 10 heteroatoms. The van der Waals surface area contributed by atoms with Gasteiger partial charge in [-0.25, -0.2) is 4.79 Å². The van der Waals surface area contributed by atoms with Crippen molar-refractivity contribution >= 4 is 11.9 Å². The van der Waals surface area contributed by atoms with Crippen LogP contribution in [-0.4, -0.2) is 71.7 Å². The third-order valence-electron chi connectivity index (χ3n) is 7.41. The Bertz CT molecular complexity index is 883. The molecular weight excluding hydrogens is 425 g/mol. The molecule has 1 aromatic heterocycles. The number of ether oxygens (including phenoxy) is 1. The van der Waals surface area contributed by atoms with Crippen molar-refractivity contribution in [1.29, 1.82) is 0 Å². The first-order chi connectivity index (χ1) is 15.2. The number of carbonyl (C=O) groups is 2. The summed E-state index contributed by atoms with van der Waals surface area (Å²) in [5, 5.41) is 2.94. The molecule has 0 bridgehead atoms. The molecule has 0 atom stereocenters. The largest absolute Gasteiger partial charge is 0.417 e. The molecule has 7 nitrogen and oxygen atoms in total. The fourth-order valence-corrected chi connectivity index (χ4v) is 5.61. The number of pyridine rings is 1. The quantitative estimate of drug-likeness (QED) is 0.748. The molecule has 32 heavy (non-hydrogen) atoms. The first-order valence-corrected chi connectivity index (χ1v) is 11.1. The van der Waals surface area contributed by atoms with E-state index in [1.165, 1.54) is 6.07 Å². The van der Waals surface area contributed by atoms with E-state index in [0.29, 0.717) is 37.7 Å². The van der Waals surface area contributed by atoms with E-state index in [-0.39, 0.29) is 24.0 Å². The summed E-state index contributed by atoms with van der Waals surface area (Å²) in [6, 6.07) is 2.61. The molecule has 4 aliphatic rings. The van der Waals surface area contributed by atoms with Gasteiger partial charge in [0.25, 0.3) is 0 Å². The van der Waals surface area contributed by atoms with Crippen molar-refractivity contribution in [1.82, 2.24) is 20.1 Å². The molecule has 1 aliphatic carbocycles. The summed E-state index contributed by atoms with van der Waals surface area (Å²) in [6.45, 7) is 3.02. The van der Waals surface area contributed by atoms with Crippen molar-refractivity contribution in [2.75, 3.05) is 39.4 Å². The van der Waals surface area contributed by atoms with Gasteiger partial charge in [0.05, 0.1) is 17.7 Å². The highest BCUT2D eigenvalue weighted by molar-refractivity contribution is 5.81. The van der Waals surface area contributed by atoms with Crippen LogP contribution < -0.4 is 5.32 Å². The second-order valence-corrected chi connectivity index (χ2v) is 10.00. The molecule has 0 radical (unpaired) electrons. The lowest BCUT2D eigenvalue weighted by Crippen LogP contribution is -2.77. The van der Waals surface area contributed by atoms with Gasteiger partial charge in [-0.05, 0) is 50.2 Å². The van der Waals surface area contributed by atoms with E-state index in [1.54, 1.807) is 4.90 Å². The summed E-state index contributed by atoms with van der Waals surface area (Å²) < 4.78 is 43.4. The van der Waals surface area contributed by atoms with Crippen molar-refractivity contribution < 1.29 is 27.5 Å². The number of likely N-dealkylation sites (tertiary alicyclic amines) is 2. The zero-order chi connectivity index (χ0) is 22.6. The van der Waals surface area contributed by atoms with Crippen LogP contribution in [-0.2, 0) is 22.1 Å². The Hall–Kier alpha value is -2.36. The Balaban J connectivity index is 1.06. The molecule has 4 heterocycles. The van der Waals surface area contributed by atoms with Crippen LogP contribution in [0, 0.1) is 11.3 Å². The number of morpholine rings is 1. The van der Waals surface area contributed by atoms with Gasteiger partial charge in [0.2, 0.25) is 5.91 Å². The number of hydrogen-bond acceptors (Lipinski definition) is 4. The summed E-state index contributed by atoms with van der Waals surface area (Å²) in [5.74, 6) is 0.286. The maximum absolute atomic E-state index is 12.8. The van der Waals surface area contributed by atoms with E-state index >= 15 is 0 Å². The van der Waals surface area contributed by atoms with Crippen molar-refractivity contribution in [3.8, 4) is 0 Å². The molecule has 3 saturated heterocycles. The van der Waals surface area contributed by atoms with Crippen LogP contribution in [0.1, 0.15) is 36.9 Å².